The van der Waals surface area contributed by atoms with Gasteiger partial charge in [-0.15, -0.1) is 0 Å². The van der Waals surface area contributed by atoms with Crippen LogP contribution in [0.5, 0.6) is 0 Å². The van der Waals surface area contributed by atoms with Crippen molar-refractivity contribution in [3.63, 3.8) is 0 Å². The molecule has 1 aliphatic heterocycles. The number of carbonyl (C=O) groups is 2. The first kappa shape index (κ1) is 15.1. The van der Waals surface area contributed by atoms with E-state index >= 15 is 0 Å². The third kappa shape index (κ3) is 3.51. The van der Waals surface area contributed by atoms with Gasteiger partial charge in [0.2, 0.25) is 5.91 Å². The Labute approximate surface area is 131 Å². The number of amides is 2. The van der Waals surface area contributed by atoms with E-state index in [4.69, 9.17) is 0 Å². The minimum Gasteiger partial charge on any atom is -0.354 e. The van der Waals surface area contributed by atoms with Crippen molar-refractivity contribution in [2.75, 3.05) is 13.1 Å². The van der Waals surface area contributed by atoms with Crippen LogP contribution in [0.2, 0.25) is 0 Å². The molecule has 1 saturated carbocycles. The van der Waals surface area contributed by atoms with Gasteiger partial charge < -0.3 is 15.2 Å². The Morgan fingerprint density at radius 2 is 1.91 bits per heavy atom. The summed E-state index contributed by atoms with van der Waals surface area (Å²) in [5.41, 5.74) is 2.74. The van der Waals surface area contributed by atoms with Gasteiger partial charge in [0.1, 0.15) is 5.69 Å². The number of likely N-dealkylation sites (tertiary alicyclic amines) is 1. The molecule has 2 amide bonds. The van der Waals surface area contributed by atoms with Crippen LogP contribution in [0, 0.1) is 19.8 Å². The minimum absolute atomic E-state index is 0.0893. The van der Waals surface area contributed by atoms with Gasteiger partial charge >= 0.3 is 0 Å². The summed E-state index contributed by atoms with van der Waals surface area (Å²) < 4.78 is 0. The van der Waals surface area contributed by atoms with Gasteiger partial charge in [0.05, 0.1) is 0 Å². The van der Waals surface area contributed by atoms with Gasteiger partial charge in [-0.25, -0.2) is 0 Å². The van der Waals surface area contributed by atoms with E-state index in [1.54, 1.807) is 0 Å². The highest BCUT2D eigenvalue weighted by atomic mass is 16.2. The molecule has 120 valence electrons. The van der Waals surface area contributed by atoms with Crippen molar-refractivity contribution in [2.45, 2.75) is 52.0 Å². The summed E-state index contributed by atoms with van der Waals surface area (Å²) in [4.78, 5) is 29.4. The Kier molecular flexibility index (Phi) is 4.23. The molecule has 1 saturated heterocycles. The van der Waals surface area contributed by atoms with E-state index in [0.29, 0.717) is 24.1 Å². The molecule has 0 unspecified atom stereocenters. The molecule has 0 bridgehead atoms. The lowest BCUT2D eigenvalue weighted by molar-refractivity contribution is -0.122. The van der Waals surface area contributed by atoms with Gasteiger partial charge in [0.25, 0.3) is 5.91 Å². The number of nitrogens with zero attached hydrogens (tertiary/aromatic N) is 1. The maximum absolute atomic E-state index is 12.5. The van der Waals surface area contributed by atoms with Crippen LogP contribution in [0.1, 0.15) is 53.8 Å². The van der Waals surface area contributed by atoms with Crippen LogP contribution in [-0.4, -0.2) is 40.8 Å². The quantitative estimate of drug-likeness (QED) is 0.895. The van der Waals surface area contributed by atoms with Crippen LogP contribution in [0.4, 0.5) is 0 Å². The number of rotatable bonds is 4. The molecule has 0 radical (unpaired) electrons. The molecule has 5 nitrogen and oxygen atoms in total. The number of carbonyl (C=O) groups excluding carboxylic acids is 2. The van der Waals surface area contributed by atoms with Crippen molar-refractivity contribution in [3.05, 3.63) is 23.0 Å². The summed E-state index contributed by atoms with van der Waals surface area (Å²) in [7, 11) is 0. The number of nitrogens with one attached hydrogen (secondary N) is 2. The van der Waals surface area contributed by atoms with Gasteiger partial charge in [-0.3, -0.25) is 9.59 Å². The maximum atomic E-state index is 12.5. The average Bonchev–Trinajstić information content (AvgIpc) is 3.22. The molecule has 1 aromatic rings. The maximum Gasteiger partial charge on any atom is 0.270 e. The Hall–Kier alpha value is -1.78. The summed E-state index contributed by atoms with van der Waals surface area (Å²) in [5, 5.41) is 3.05. The van der Waals surface area contributed by atoms with Crippen molar-refractivity contribution >= 4 is 11.8 Å². The molecule has 2 fully saturated rings. The van der Waals surface area contributed by atoms with Crippen molar-refractivity contribution < 1.29 is 9.59 Å². The number of aromatic amines is 1. The molecule has 0 spiro atoms. The monoisotopic (exact) mass is 303 g/mol. The fourth-order valence-corrected chi connectivity index (χ4v) is 3.23. The van der Waals surface area contributed by atoms with Crippen LogP contribution in [-0.2, 0) is 4.79 Å². The lowest BCUT2D eigenvalue weighted by atomic mass is 9.93. The molecule has 0 atom stereocenters. The van der Waals surface area contributed by atoms with E-state index < -0.39 is 0 Å². The van der Waals surface area contributed by atoms with Crippen molar-refractivity contribution in [2.24, 2.45) is 5.92 Å². The lowest BCUT2D eigenvalue weighted by Crippen LogP contribution is -2.40. The molecule has 2 heterocycles. The van der Waals surface area contributed by atoms with Gasteiger partial charge in [0.15, 0.2) is 0 Å². The molecule has 3 rings (SSSR count). The summed E-state index contributed by atoms with van der Waals surface area (Å²) in [6, 6.07) is 2.44. The van der Waals surface area contributed by atoms with E-state index in [-0.39, 0.29) is 11.8 Å². The number of H-pyrrole nitrogens is 1. The van der Waals surface area contributed by atoms with Crippen molar-refractivity contribution in [3.8, 4) is 0 Å². The third-order valence-electron chi connectivity index (χ3n) is 4.68. The van der Waals surface area contributed by atoms with E-state index in [2.05, 4.69) is 10.3 Å². The van der Waals surface area contributed by atoms with Crippen LogP contribution in [0.25, 0.3) is 0 Å². The smallest absolute Gasteiger partial charge is 0.270 e. The standard InChI is InChI=1S/C17H25N3O2/c1-11-9-12(2)18-16(11)17(22)20-7-5-13(6-8-20)10-15(21)19-14-3-4-14/h9,13-14,18H,3-8,10H2,1-2H3,(H,19,21). The zero-order valence-corrected chi connectivity index (χ0v) is 13.4. The number of aryl methyl sites for hydroxylation is 2. The van der Waals surface area contributed by atoms with E-state index in [1.807, 2.05) is 24.8 Å². The molecule has 22 heavy (non-hydrogen) atoms. The van der Waals surface area contributed by atoms with Crippen LogP contribution in [0.3, 0.4) is 0 Å². The predicted octanol–water partition coefficient (Wildman–Crippen LogP) is 2.15. The first-order valence-corrected chi connectivity index (χ1v) is 8.28. The molecule has 1 aliphatic carbocycles. The summed E-state index contributed by atoms with van der Waals surface area (Å²) in [6.07, 6.45) is 4.71. The second kappa shape index (κ2) is 6.15. The largest absolute Gasteiger partial charge is 0.354 e. The van der Waals surface area contributed by atoms with Gasteiger partial charge in [-0.1, -0.05) is 0 Å². The Bertz CT molecular complexity index is 566. The van der Waals surface area contributed by atoms with Crippen molar-refractivity contribution in [1.29, 1.82) is 0 Å². The fourth-order valence-electron chi connectivity index (χ4n) is 3.23. The first-order valence-electron chi connectivity index (χ1n) is 8.28. The van der Waals surface area contributed by atoms with Crippen LogP contribution >= 0.6 is 0 Å². The molecule has 2 N–H and O–H groups in total. The Balaban J connectivity index is 1.49. The lowest BCUT2D eigenvalue weighted by Gasteiger charge is -2.31. The average molecular weight is 303 g/mol. The molecule has 5 heteroatoms. The predicted molar refractivity (Wildman–Crippen MR) is 84.7 cm³/mol. The zero-order valence-electron chi connectivity index (χ0n) is 13.4. The minimum atomic E-state index is 0.0893. The number of hydrogen-bond acceptors (Lipinski definition) is 2. The van der Waals surface area contributed by atoms with Gasteiger partial charge in [0, 0.05) is 31.2 Å². The number of hydrogen-bond donors (Lipinski definition) is 2. The normalized spacial score (nSPS) is 19.3. The SMILES string of the molecule is Cc1cc(C)c(C(=O)N2CCC(CC(=O)NC3CC3)CC2)[nH]1. The van der Waals surface area contributed by atoms with Gasteiger partial charge in [-0.2, -0.15) is 0 Å². The van der Waals surface area contributed by atoms with Crippen LogP contribution in [0.15, 0.2) is 6.07 Å². The molecule has 2 aliphatic rings. The Morgan fingerprint density at radius 3 is 2.45 bits per heavy atom. The fraction of sp³-hybridized carbons (Fsp3) is 0.647. The van der Waals surface area contributed by atoms with Gasteiger partial charge in [-0.05, 0) is 57.1 Å². The Morgan fingerprint density at radius 1 is 1.23 bits per heavy atom. The second-order valence-electron chi connectivity index (χ2n) is 6.79. The van der Waals surface area contributed by atoms with E-state index in [1.165, 1.54) is 0 Å². The summed E-state index contributed by atoms with van der Waals surface area (Å²) >= 11 is 0. The summed E-state index contributed by atoms with van der Waals surface area (Å²) in [5.74, 6) is 0.684. The first-order chi connectivity index (χ1) is 10.5. The van der Waals surface area contributed by atoms with Crippen LogP contribution < -0.4 is 5.32 Å². The van der Waals surface area contributed by atoms with E-state index in [9.17, 15) is 9.59 Å². The molecular weight excluding hydrogens is 278 g/mol. The zero-order chi connectivity index (χ0) is 15.7. The van der Waals surface area contributed by atoms with Crippen molar-refractivity contribution in [1.82, 2.24) is 15.2 Å². The highest BCUT2D eigenvalue weighted by Crippen LogP contribution is 2.24. The topological polar surface area (TPSA) is 65.2 Å². The number of aromatic nitrogens is 1. The molecule has 0 aromatic carbocycles. The third-order valence-corrected chi connectivity index (χ3v) is 4.68. The second-order valence-corrected chi connectivity index (χ2v) is 6.79. The van der Waals surface area contributed by atoms with E-state index in [0.717, 1.165) is 50.0 Å². The highest BCUT2D eigenvalue weighted by Gasteiger charge is 2.28. The number of piperidine rings is 1. The highest BCUT2D eigenvalue weighted by molar-refractivity contribution is 5.94. The summed E-state index contributed by atoms with van der Waals surface area (Å²) in [6.45, 7) is 5.43. The molecular formula is C17H25N3O2. The molecule has 1 aromatic heterocycles.